The predicted molar refractivity (Wildman–Crippen MR) is 117 cm³/mol. The average Bonchev–Trinajstić information content (AvgIpc) is 3.17. The van der Waals surface area contributed by atoms with Gasteiger partial charge in [-0.1, -0.05) is 25.1 Å². The lowest BCUT2D eigenvalue weighted by molar-refractivity contribution is -0.113. The molecule has 0 radical (unpaired) electrons. The molecular formula is C22H25FN4O2S. The van der Waals surface area contributed by atoms with Crippen LogP contribution in [0, 0.1) is 5.82 Å². The normalized spacial score (nSPS) is 10.8. The average molecular weight is 429 g/mol. The molecule has 0 aliphatic rings. The van der Waals surface area contributed by atoms with Gasteiger partial charge in [0.15, 0.2) is 11.0 Å². The topological polar surface area (TPSA) is 69.0 Å². The second-order valence-corrected chi connectivity index (χ2v) is 7.56. The number of aromatic nitrogens is 3. The van der Waals surface area contributed by atoms with Gasteiger partial charge in [-0.15, -0.1) is 10.2 Å². The zero-order valence-electron chi connectivity index (χ0n) is 17.1. The van der Waals surface area contributed by atoms with Crippen LogP contribution in [0.25, 0.3) is 11.4 Å². The van der Waals surface area contributed by atoms with Crippen molar-refractivity contribution >= 4 is 23.4 Å². The van der Waals surface area contributed by atoms with Gasteiger partial charge in [0, 0.05) is 17.8 Å². The van der Waals surface area contributed by atoms with Gasteiger partial charge in [-0.05, 0) is 61.9 Å². The Morgan fingerprint density at radius 2 is 1.83 bits per heavy atom. The van der Waals surface area contributed by atoms with Gasteiger partial charge < -0.3 is 14.6 Å². The molecule has 0 aliphatic heterocycles. The van der Waals surface area contributed by atoms with Crippen LogP contribution in [0.4, 0.5) is 10.1 Å². The number of thioether (sulfide) groups is 1. The molecule has 3 aromatic rings. The van der Waals surface area contributed by atoms with Crippen molar-refractivity contribution in [2.75, 3.05) is 17.7 Å². The number of ether oxygens (including phenoxy) is 1. The van der Waals surface area contributed by atoms with Gasteiger partial charge in [-0.3, -0.25) is 4.79 Å². The van der Waals surface area contributed by atoms with Crippen molar-refractivity contribution < 1.29 is 13.9 Å². The van der Waals surface area contributed by atoms with Crippen LogP contribution in [-0.2, 0) is 11.3 Å². The number of halogens is 1. The molecular weight excluding hydrogens is 403 g/mol. The molecule has 0 spiro atoms. The molecule has 0 fully saturated rings. The first kappa shape index (κ1) is 21.8. The summed E-state index contributed by atoms with van der Waals surface area (Å²) in [6.07, 6.45) is 2.13. The van der Waals surface area contributed by atoms with Crippen LogP contribution in [0.15, 0.2) is 53.7 Å². The lowest BCUT2D eigenvalue weighted by atomic mass is 10.2. The molecule has 1 heterocycles. The minimum atomic E-state index is -0.341. The number of anilines is 1. The molecule has 0 aliphatic carbocycles. The van der Waals surface area contributed by atoms with E-state index in [0.717, 1.165) is 30.0 Å². The molecule has 2 aromatic carbocycles. The van der Waals surface area contributed by atoms with Gasteiger partial charge in [0.05, 0.1) is 12.4 Å². The Hall–Kier alpha value is -2.87. The highest BCUT2D eigenvalue weighted by atomic mass is 32.2. The monoisotopic (exact) mass is 428 g/mol. The van der Waals surface area contributed by atoms with Crippen LogP contribution >= 0.6 is 11.8 Å². The molecule has 0 unspecified atom stereocenters. The van der Waals surface area contributed by atoms with E-state index in [1.807, 2.05) is 35.8 Å². The van der Waals surface area contributed by atoms with Crippen molar-refractivity contribution in [2.24, 2.45) is 0 Å². The number of carbonyl (C=O) groups is 1. The third-order valence-electron chi connectivity index (χ3n) is 4.37. The highest BCUT2D eigenvalue weighted by Gasteiger charge is 2.15. The maximum absolute atomic E-state index is 13.0. The third kappa shape index (κ3) is 5.82. The number of benzene rings is 2. The fraction of sp³-hybridized carbons (Fsp3) is 0.318. The number of carbonyl (C=O) groups excluding carboxylic acids is 1. The first-order chi connectivity index (χ1) is 14.6. The van der Waals surface area contributed by atoms with E-state index in [0.29, 0.717) is 24.0 Å². The minimum Gasteiger partial charge on any atom is -0.494 e. The van der Waals surface area contributed by atoms with Crippen LogP contribution in [0.3, 0.4) is 0 Å². The molecule has 1 aromatic heterocycles. The number of hydrogen-bond acceptors (Lipinski definition) is 5. The highest BCUT2D eigenvalue weighted by molar-refractivity contribution is 7.99. The molecule has 1 N–H and O–H groups in total. The van der Waals surface area contributed by atoms with Gasteiger partial charge in [-0.25, -0.2) is 4.39 Å². The number of hydrogen-bond donors (Lipinski definition) is 1. The smallest absolute Gasteiger partial charge is 0.234 e. The van der Waals surface area contributed by atoms with E-state index in [2.05, 4.69) is 22.4 Å². The van der Waals surface area contributed by atoms with Crippen molar-refractivity contribution in [3.63, 3.8) is 0 Å². The number of rotatable bonds is 10. The third-order valence-corrected chi connectivity index (χ3v) is 5.34. The van der Waals surface area contributed by atoms with Crippen LogP contribution in [-0.4, -0.2) is 33.0 Å². The Labute approximate surface area is 179 Å². The van der Waals surface area contributed by atoms with Crippen LogP contribution < -0.4 is 10.1 Å². The molecule has 0 atom stereocenters. The molecule has 30 heavy (non-hydrogen) atoms. The molecule has 0 saturated heterocycles. The highest BCUT2D eigenvalue weighted by Crippen LogP contribution is 2.26. The zero-order valence-corrected chi connectivity index (χ0v) is 17.9. The molecule has 8 heteroatoms. The van der Waals surface area contributed by atoms with E-state index >= 15 is 0 Å². The van der Waals surface area contributed by atoms with Crippen molar-refractivity contribution in [1.82, 2.24) is 14.8 Å². The first-order valence-corrected chi connectivity index (χ1v) is 10.9. The Kier molecular flexibility index (Phi) is 7.84. The lowest BCUT2D eigenvalue weighted by Gasteiger charge is -2.09. The van der Waals surface area contributed by atoms with Crippen LogP contribution in [0.2, 0.25) is 0 Å². The summed E-state index contributed by atoms with van der Waals surface area (Å²) < 4.78 is 20.7. The predicted octanol–water partition coefficient (Wildman–Crippen LogP) is 5.01. The molecule has 1 amide bonds. The van der Waals surface area contributed by atoms with Crippen molar-refractivity contribution in [1.29, 1.82) is 0 Å². The lowest BCUT2D eigenvalue weighted by Crippen LogP contribution is -2.14. The summed E-state index contributed by atoms with van der Waals surface area (Å²) in [5.74, 6) is 1.24. The molecule has 6 nitrogen and oxygen atoms in total. The van der Waals surface area contributed by atoms with E-state index in [4.69, 9.17) is 4.74 Å². The van der Waals surface area contributed by atoms with Crippen LogP contribution in [0.5, 0.6) is 5.75 Å². The van der Waals surface area contributed by atoms with Gasteiger partial charge in [-0.2, -0.15) is 0 Å². The van der Waals surface area contributed by atoms with Gasteiger partial charge in [0.25, 0.3) is 0 Å². The summed E-state index contributed by atoms with van der Waals surface area (Å²) in [6.45, 7) is 5.53. The van der Waals surface area contributed by atoms with Gasteiger partial charge in [0.2, 0.25) is 5.91 Å². The Bertz CT molecular complexity index is 958. The Morgan fingerprint density at radius 3 is 2.50 bits per heavy atom. The van der Waals surface area contributed by atoms with E-state index in [1.54, 1.807) is 0 Å². The molecule has 0 saturated carbocycles. The molecule has 0 bridgehead atoms. The van der Waals surface area contributed by atoms with E-state index in [1.165, 1.54) is 36.0 Å². The summed E-state index contributed by atoms with van der Waals surface area (Å²) in [5, 5.41) is 12.0. The summed E-state index contributed by atoms with van der Waals surface area (Å²) >= 11 is 1.31. The van der Waals surface area contributed by atoms with Gasteiger partial charge >= 0.3 is 0 Å². The second kappa shape index (κ2) is 10.8. The van der Waals surface area contributed by atoms with Crippen molar-refractivity contribution in [2.45, 2.75) is 38.4 Å². The standard InChI is InChI=1S/C22H25FN4O2S/c1-3-5-14-29-19-12-6-16(7-13-19)21-25-26-22(27(21)4-2)30-15-20(28)24-18-10-8-17(23)9-11-18/h6-13H,3-5,14-15H2,1-2H3,(H,24,28). The Balaban J connectivity index is 1.62. The van der Waals surface area contributed by atoms with Crippen LogP contribution in [0.1, 0.15) is 26.7 Å². The van der Waals surface area contributed by atoms with E-state index < -0.39 is 0 Å². The number of unbranched alkanes of at least 4 members (excludes halogenated alkanes) is 1. The second-order valence-electron chi connectivity index (χ2n) is 6.62. The maximum atomic E-state index is 13.0. The zero-order chi connectivity index (χ0) is 21.3. The minimum absolute atomic E-state index is 0.180. The van der Waals surface area contributed by atoms with E-state index in [9.17, 15) is 9.18 Å². The first-order valence-electron chi connectivity index (χ1n) is 9.95. The fourth-order valence-corrected chi connectivity index (χ4v) is 3.59. The largest absolute Gasteiger partial charge is 0.494 e. The van der Waals surface area contributed by atoms with E-state index in [-0.39, 0.29) is 17.5 Å². The summed E-state index contributed by atoms with van der Waals surface area (Å²) in [5.41, 5.74) is 1.50. The molecule has 158 valence electrons. The molecule has 3 rings (SSSR count). The van der Waals surface area contributed by atoms with Crippen molar-refractivity contribution in [3.8, 4) is 17.1 Å². The van der Waals surface area contributed by atoms with Crippen molar-refractivity contribution in [3.05, 3.63) is 54.3 Å². The summed E-state index contributed by atoms with van der Waals surface area (Å²) in [6, 6.07) is 13.5. The SMILES string of the molecule is CCCCOc1ccc(-c2nnc(SCC(=O)Nc3ccc(F)cc3)n2CC)cc1. The quantitative estimate of drug-likeness (QED) is 0.363. The van der Waals surface area contributed by atoms with Gasteiger partial charge in [0.1, 0.15) is 11.6 Å². The fourth-order valence-electron chi connectivity index (χ4n) is 2.79. The number of amides is 1. The number of nitrogens with one attached hydrogen (secondary N) is 1. The number of nitrogens with zero attached hydrogens (tertiary/aromatic N) is 3. The maximum Gasteiger partial charge on any atom is 0.234 e. The summed E-state index contributed by atoms with van der Waals surface area (Å²) in [4.78, 5) is 12.2. The Morgan fingerprint density at radius 1 is 1.10 bits per heavy atom. The summed E-state index contributed by atoms with van der Waals surface area (Å²) in [7, 11) is 0.